The van der Waals surface area contributed by atoms with Crippen molar-refractivity contribution >= 4 is 38.0 Å². The molecule has 0 amide bonds. The van der Waals surface area contributed by atoms with Gasteiger partial charge in [-0.2, -0.15) is 5.26 Å². The zero-order valence-electron chi connectivity index (χ0n) is 14.2. The van der Waals surface area contributed by atoms with Crippen molar-refractivity contribution in [2.24, 2.45) is 0 Å². The number of ether oxygens (including phenoxy) is 1. The molecule has 4 rings (SSSR count). The van der Waals surface area contributed by atoms with E-state index in [2.05, 4.69) is 6.07 Å². The van der Waals surface area contributed by atoms with Gasteiger partial charge in [-0.3, -0.25) is 4.79 Å². The number of nitriles is 1. The number of hydrogen-bond acceptors (Lipinski definition) is 4. The summed E-state index contributed by atoms with van der Waals surface area (Å²) < 4.78 is 7.23. The van der Waals surface area contributed by atoms with Gasteiger partial charge in [0.25, 0.3) is 0 Å². The third-order valence-electron chi connectivity index (χ3n) is 4.31. The Labute approximate surface area is 155 Å². The minimum atomic E-state index is -0.0132. The summed E-state index contributed by atoms with van der Waals surface area (Å²) in [5.41, 5.74) is 1.24. The number of fused-ring (bicyclic) bond motifs is 2. The summed E-state index contributed by atoms with van der Waals surface area (Å²) >= 11 is 1.64. The molecule has 0 atom stereocenters. The normalized spacial score (nSPS) is 10.8. The van der Waals surface area contributed by atoms with E-state index in [1.54, 1.807) is 18.3 Å². The number of carbonyl (C=O) groups excluding carboxylic acids is 1. The number of carbonyl (C=O) groups is 1. The van der Waals surface area contributed by atoms with Gasteiger partial charge in [-0.1, -0.05) is 30.3 Å². The van der Waals surface area contributed by atoms with E-state index in [0.717, 1.165) is 25.7 Å². The van der Waals surface area contributed by atoms with Gasteiger partial charge in [-0.05, 0) is 48.0 Å². The van der Waals surface area contributed by atoms with E-state index in [9.17, 15) is 4.79 Å². The molecule has 1 aromatic heterocycles. The average molecular weight is 357 g/mol. The Morgan fingerprint density at radius 1 is 1.08 bits per heavy atom. The highest BCUT2D eigenvalue weighted by molar-refractivity contribution is 7.19. The summed E-state index contributed by atoms with van der Waals surface area (Å²) in [5, 5.41) is 12.1. The number of thiophene rings is 1. The van der Waals surface area contributed by atoms with Crippen LogP contribution in [0, 0.1) is 11.3 Å². The molecule has 1 heterocycles. The smallest absolute Gasteiger partial charge is 0.163 e. The number of Topliss-reactive ketones (excluding diaryl/α,β-unsaturated/α-hetero) is 1. The van der Waals surface area contributed by atoms with Gasteiger partial charge >= 0.3 is 0 Å². The highest BCUT2D eigenvalue weighted by atomic mass is 32.1. The van der Waals surface area contributed by atoms with Crippen LogP contribution in [0.5, 0.6) is 5.75 Å². The summed E-state index contributed by atoms with van der Waals surface area (Å²) in [7, 11) is 0. The Balaban J connectivity index is 1.70. The molecule has 0 saturated carbocycles. The maximum atomic E-state index is 12.0. The van der Waals surface area contributed by atoms with Crippen molar-refractivity contribution in [1.29, 1.82) is 5.26 Å². The lowest BCUT2D eigenvalue weighted by molar-refractivity contribution is 0.101. The van der Waals surface area contributed by atoms with Crippen LogP contribution < -0.4 is 4.74 Å². The van der Waals surface area contributed by atoms with Crippen molar-refractivity contribution in [1.82, 2.24) is 0 Å². The Morgan fingerprint density at radius 2 is 1.92 bits per heavy atom. The summed E-state index contributed by atoms with van der Waals surface area (Å²) in [4.78, 5) is 13.1. The van der Waals surface area contributed by atoms with Crippen LogP contribution in [0.3, 0.4) is 0 Å². The molecule has 4 heteroatoms. The molecule has 0 radical (unpaired) electrons. The van der Waals surface area contributed by atoms with Crippen LogP contribution in [-0.4, -0.2) is 5.78 Å². The largest absolute Gasteiger partial charge is 0.487 e. The molecule has 0 saturated heterocycles. The first-order valence-electron chi connectivity index (χ1n) is 8.24. The van der Waals surface area contributed by atoms with Crippen LogP contribution >= 0.6 is 11.3 Å². The van der Waals surface area contributed by atoms with E-state index in [1.807, 2.05) is 60.7 Å². The second-order valence-electron chi connectivity index (χ2n) is 6.09. The molecule has 3 aromatic carbocycles. The second kappa shape index (κ2) is 6.62. The average Bonchev–Trinajstić information content (AvgIpc) is 3.07. The standard InChI is InChI=1S/C22H15NO2S/c1-14(24)19-8-7-16-4-2-3-5-20(16)22(19)25-13-18-11-17-10-15(12-23)6-9-21(17)26-18/h2-11H,13H2,1H3. The molecular formula is C22H15NO2S. The summed E-state index contributed by atoms with van der Waals surface area (Å²) in [6.45, 7) is 1.94. The van der Waals surface area contributed by atoms with Crippen molar-refractivity contribution in [2.45, 2.75) is 13.5 Å². The number of nitrogens with zero attached hydrogens (tertiary/aromatic N) is 1. The Hall–Kier alpha value is -3.16. The molecule has 3 nitrogen and oxygen atoms in total. The zero-order valence-corrected chi connectivity index (χ0v) is 15.0. The maximum Gasteiger partial charge on any atom is 0.163 e. The molecule has 4 aromatic rings. The second-order valence-corrected chi connectivity index (χ2v) is 7.25. The van der Waals surface area contributed by atoms with E-state index < -0.39 is 0 Å². The third-order valence-corrected chi connectivity index (χ3v) is 5.40. The predicted molar refractivity (Wildman–Crippen MR) is 105 cm³/mol. The first-order chi connectivity index (χ1) is 12.7. The fraction of sp³-hybridized carbons (Fsp3) is 0.0909. The van der Waals surface area contributed by atoms with Crippen molar-refractivity contribution < 1.29 is 9.53 Å². The van der Waals surface area contributed by atoms with Crippen LogP contribution in [0.4, 0.5) is 0 Å². The lowest BCUT2D eigenvalue weighted by Gasteiger charge is -2.12. The molecule has 0 aliphatic rings. The highest BCUT2D eigenvalue weighted by Gasteiger charge is 2.13. The van der Waals surface area contributed by atoms with Crippen LogP contribution in [-0.2, 0) is 6.61 Å². The minimum Gasteiger partial charge on any atom is -0.487 e. The highest BCUT2D eigenvalue weighted by Crippen LogP contribution is 2.33. The van der Waals surface area contributed by atoms with E-state index in [-0.39, 0.29) is 5.78 Å². The molecule has 126 valence electrons. The fourth-order valence-electron chi connectivity index (χ4n) is 3.06. The quantitative estimate of drug-likeness (QED) is 0.440. The molecule has 0 N–H and O–H groups in total. The molecule has 0 bridgehead atoms. The van der Waals surface area contributed by atoms with Crippen LogP contribution in [0.1, 0.15) is 27.7 Å². The van der Waals surface area contributed by atoms with Gasteiger partial charge in [-0.25, -0.2) is 0 Å². The summed E-state index contributed by atoms with van der Waals surface area (Å²) in [6, 6.07) is 21.5. The van der Waals surface area contributed by atoms with E-state index >= 15 is 0 Å². The van der Waals surface area contributed by atoms with Crippen LogP contribution in [0.25, 0.3) is 20.9 Å². The van der Waals surface area contributed by atoms with E-state index in [4.69, 9.17) is 10.00 Å². The van der Waals surface area contributed by atoms with Gasteiger partial charge in [0.05, 0.1) is 17.2 Å². The Morgan fingerprint density at radius 3 is 2.73 bits per heavy atom. The minimum absolute atomic E-state index is 0.0132. The van der Waals surface area contributed by atoms with Gasteiger partial charge in [0.1, 0.15) is 12.4 Å². The number of benzene rings is 3. The summed E-state index contributed by atoms with van der Waals surface area (Å²) in [6.07, 6.45) is 0. The zero-order chi connectivity index (χ0) is 18.1. The number of ketones is 1. The topological polar surface area (TPSA) is 50.1 Å². The molecule has 0 aliphatic heterocycles. The van der Waals surface area contributed by atoms with Gasteiger partial charge in [0.15, 0.2) is 5.78 Å². The maximum absolute atomic E-state index is 12.0. The lowest BCUT2D eigenvalue weighted by atomic mass is 10.0. The molecular weight excluding hydrogens is 342 g/mol. The van der Waals surface area contributed by atoms with Crippen molar-refractivity contribution in [3.05, 3.63) is 76.7 Å². The monoisotopic (exact) mass is 357 g/mol. The van der Waals surface area contributed by atoms with Gasteiger partial charge in [0, 0.05) is 15.0 Å². The fourth-order valence-corrected chi connectivity index (χ4v) is 4.02. The molecule has 0 fully saturated rings. The van der Waals surface area contributed by atoms with Crippen molar-refractivity contribution in [2.75, 3.05) is 0 Å². The lowest BCUT2D eigenvalue weighted by Crippen LogP contribution is -2.01. The molecule has 0 spiro atoms. The Bertz CT molecular complexity index is 1180. The number of hydrogen-bond donors (Lipinski definition) is 0. The van der Waals surface area contributed by atoms with Crippen molar-refractivity contribution in [3.63, 3.8) is 0 Å². The Kier molecular flexibility index (Phi) is 4.16. The third kappa shape index (κ3) is 2.94. The molecule has 26 heavy (non-hydrogen) atoms. The SMILES string of the molecule is CC(=O)c1ccc2ccccc2c1OCc1cc2cc(C#N)ccc2s1. The first kappa shape index (κ1) is 16.3. The van der Waals surface area contributed by atoms with Gasteiger partial charge < -0.3 is 4.74 Å². The first-order valence-corrected chi connectivity index (χ1v) is 9.05. The van der Waals surface area contributed by atoms with Gasteiger partial charge in [-0.15, -0.1) is 11.3 Å². The summed E-state index contributed by atoms with van der Waals surface area (Å²) in [5.74, 6) is 0.617. The van der Waals surface area contributed by atoms with Gasteiger partial charge in [0.2, 0.25) is 0 Å². The molecule has 0 aliphatic carbocycles. The van der Waals surface area contributed by atoms with Crippen LogP contribution in [0.2, 0.25) is 0 Å². The van der Waals surface area contributed by atoms with E-state index in [1.165, 1.54) is 0 Å². The van der Waals surface area contributed by atoms with Crippen LogP contribution in [0.15, 0.2) is 60.7 Å². The van der Waals surface area contributed by atoms with E-state index in [0.29, 0.717) is 23.5 Å². The predicted octanol–water partition coefficient (Wildman–Crippen LogP) is 5.71. The van der Waals surface area contributed by atoms with Crippen molar-refractivity contribution in [3.8, 4) is 11.8 Å². The molecule has 0 unspecified atom stereocenters. The number of rotatable bonds is 4.